The molecule has 6 heteroatoms. The first kappa shape index (κ1) is 18.3. The molecule has 138 valence electrons. The van der Waals surface area contributed by atoms with Gasteiger partial charge in [-0.15, -0.1) is 0 Å². The number of amides is 1. The molecule has 2 aromatic heterocycles. The Kier molecular flexibility index (Phi) is 5.32. The van der Waals surface area contributed by atoms with Gasteiger partial charge in [0.25, 0.3) is 0 Å². The van der Waals surface area contributed by atoms with Crippen LogP contribution in [0.15, 0.2) is 47.1 Å². The van der Waals surface area contributed by atoms with Gasteiger partial charge in [0.2, 0.25) is 5.91 Å². The van der Waals surface area contributed by atoms with E-state index in [2.05, 4.69) is 11.4 Å². The Morgan fingerprint density at radius 1 is 1.26 bits per heavy atom. The van der Waals surface area contributed by atoms with Crippen LogP contribution in [-0.4, -0.2) is 17.6 Å². The van der Waals surface area contributed by atoms with Crippen molar-refractivity contribution in [2.45, 2.75) is 26.8 Å². The number of hydrogen-bond acceptors (Lipinski definition) is 4. The summed E-state index contributed by atoms with van der Waals surface area (Å²) in [4.78, 5) is 12.6. The standard InChI is InChI=1S/C21H21N3O3/c1-14-15(2)24(13-18-5-4-10-27-18)21(19(14)12-22)23-20(25)11-16-6-8-17(26-3)9-7-16/h4-10H,11,13H2,1-3H3,(H,23,25). The third-order valence-corrected chi connectivity index (χ3v) is 4.62. The first-order valence-corrected chi connectivity index (χ1v) is 8.58. The van der Waals surface area contributed by atoms with Crippen LogP contribution in [0, 0.1) is 25.2 Å². The van der Waals surface area contributed by atoms with Gasteiger partial charge in [0.15, 0.2) is 0 Å². The van der Waals surface area contributed by atoms with E-state index in [1.54, 1.807) is 13.4 Å². The number of nitrogens with zero attached hydrogens (tertiary/aromatic N) is 2. The van der Waals surface area contributed by atoms with Gasteiger partial charge in [-0.25, -0.2) is 0 Å². The lowest BCUT2D eigenvalue weighted by Gasteiger charge is -2.12. The van der Waals surface area contributed by atoms with Crippen LogP contribution in [0.1, 0.15) is 28.1 Å². The summed E-state index contributed by atoms with van der Waals surface area (Å²) < 4.78 is 12.5. The highest BCUT2D eigenvalue weighted by Gasteiger charge is 2.20. The van der Waals surface area contributed by atoms with Crippen LogP contribution >= 0.6 is 0 Å². The maximum absolute atomic E-state index is 12.6. The third kappa shape index (κ3) is 3.87. The lowest BCUT2D eigenvalue weighted by Crippen LogP contribution is -2.18. The SMILES string of the molecule is COc1ccc(CC(=O)Nc2c(C#N)c(C)c(C)n2Cc2ccco2)cc1. The second-order valence-electron chi connectivity index (χ2n) is 6.28. The van der Waals surface area contributed by atoms with E-state index < -0.39 is 0 Å². The van der Waals surface area contributed by atoms with Crippen LogP contribution in [0.4, 0.5) is 5.82 Å². The molecule has 0 fully saturated rings. The quantitative estimate of drug-likeness (QED) is 0.722. The summed E-state index contributed by atoms with van der Waals surface area (Å²) >= 11 is 0. The average molecular weight is 363 g/mol. The fourth-order valence-corrected chi connectivity index (χ4v) is 2.99. The average Bonchev–Trinajstić information content (AvgIpc) is 3.25. The van der Waals surface area contributed by atoms with Gasteiger partial charge in [0.05, 0.1) is 31.9 Å². The highest BCUT2D eigenvalue weighted by Crippen LogP contribution is 2.27. The van der Waals surface area contributed by atoms with Gasteiger partial charge in [-0.1, -0.05) is 12.1 Å². The van der Waals surface area contributed by atoms with Gasteiger partial charge in [0.1, 0.15) is 23.4 Å². The smallest absolute Gasteiger partial charge is 0.229 e. The number of nitrogens with one attached hydrogen (secondary N) is 1. The predicted molar refractivity (Wildman–Crippen MR) is 102 cm³/mol. The Morgan fingerprint density at radius 2 is 2.00 bits per heavy atom. The molecule has 0 saturated heterocycles. The molecule has 0 unspecified atom stereocenters. The van der Waals surface area contributed by atoms with E-state index in [4.69, 9.17) is 9.15 Å². The number of ether oxygens (including phenoxy) is 1. The molecule has 6 nitrogen and oxygen atoms in total. The van der Waals surface area contributed by atoms with Crippen molar-refractivity contribution in [3.63, 3.8) is 0 Å². The van der Waals surface area contributed by atoms with Crippen molar-refractivity contribution in [2.75, 3.05) is 12.4 Å². The van der Waals surface area contributed by atoms with E-state index in [9.17, 15) is 10.1 Å². The molecule has 0 spiro atoms. The summed E-state index contributed by atoms with van der Waals surface area (Å²) in [5, 5.41) is 12.5. The molecule has 3 rings (SSSR count). The number of nitriles is 1. The first-order valence-electron chi connectivity index (χ1n) is 8.58. The number of hydrogen-bond donors (Lipinski definition) is 1. The van der Waals surface area contributed by atoms with Crippen LogP contribution in [-0.2, 0) is 17.8 Å². The molecule has 1 amide bonds. The maximum atomic E-state index is 12.6. The van der Waals surface area contributed by atoms with Gasteiger partial charge < -0.3 is 19.0 Å². The van der Waals surface area contributed by atoms with E-state index in [0.29, 0.717) is 17.9 Å². The van der Waals surface area contributed by atoms with Gasteiger partial charge in [0, 0.05) is 5.69 Å². The molecule has 1 aromatic carbocycles. The molecule has 3 aromatic rings. The molecule has 27 heavy (non-hydrogen) atoms. The van der Waals surface area contributed by atoms with Crippen molar-refractivity contribution in [1.82, 2.24) is 4.57 Å². The minimum Gasteiger partial charge on any atom is -0.497 e. The zero-order valence-electron chi connectivity index (χ0n) is 15.6. The van der Waals surface area contributed by atoms with Gasteiger partial charge in [-0.3, -0.25) is 4.79 Å². The highest BCUT2D eigenvalue weighted by molar-refractivity contribution is 5.93. The van der Waals surface area contributed by atoms with Gasteiger partial charge in [-0.05, 0) is 49.2 Å². The zero-order chi connectivity index (χ0) is 19.4. The molecule has 0 saturated carbocycles. The minimum atomic E-state index is -0.185. The Balaban J connectivity index is 1.85. The third-order valence-electron chi connectivity index (χ3n) is 4.62. The Labute approximate surface area is 158 Å². The molecule has 0 aliphatic carbocycles. The number of furan rings is 1. The molecule has 1 N–H and O–H groups in total. The summed E-state index contributed by atoms with van der Waals surface area (Å²) in [5.74, 6) is 1.81. The number of carbonyl (C=O) groups excluding carboxylic acids is 1. The molecule has 2 heterocycles. The fraction of sp³-hybridized carbons (Fsp3) is 0.238. The molecular weight excluding hydrogens is 342 g/mol. The van der Waals surface area contributed by atoms with E-state index in [1.807, 2.05) is 54.8 Å². The van der Waals surface area contributed by atoms with Crippen molar-refractivity contribution >= 4 is 11.7 Å². The van der Waals surface area contributed by atoms with Crippen molar-refractivity contribution in [3.8, 4) is 11.8 Å². The minimum absolute atomic E-state index is 0.185. The first-order chi connectivity index (χ1) is 13.0. The van der Waals surface area contributed by atoms with E-state index in [-0.39, 0.29) is 12.3 Å². The number of aromatic nitrogens is 1. The van der Waals surface area contributed by atoms with E-state index in [1.165, 1.54) is 0 Å². The number of carbonyl (C=O) groups is 1. The lowest BCUT2D eigenvalue weighted by atomic mass is 10.1. The largest absolute Gasteiger partial charge is 0.497 e. The topological polar surface area (TPSA) is 80.2 Å². The molecule has 0 atom stereocenters. The molecule has 0 aliphatic heterocycles. The number of methoxy groups -OCH3 is 1. The van der Waals surface area contributed by atoms with Crippen LogP contribution < -0.4 is 10.1 Å². The van der Waals surface area contributed by atoms with Crippen LogP contribution in [0.3, 0.4) is 0 Å². The van der Waals surface area contributed by atoms with Crippen LogP contribution in [0.5, 0.6) is 5.75 Å². The second-order valence-corrected chi connectivity index (χ2v) is 6.28. The summed E-state index contributed by atoms with van der Waals surface area (Å²) in [6.45, 7) is 4.25. The van der Waals surface area contributed by atoms with Gasteiger partial charge in [-0.2, -0.15) is 5.26 Å². The molecule has 0 aliphatic rings. The molecule has 0 radical (unpaired) electrons. The highest BCUT2D eigenvalue weighted by atomic mass is 16.5. The van der Waals surface area contributed by atoms with Crippen molar-refractivity contribution in [1.29, 1.82) is 5.26 Å². The number of benzene rings is 1. The van der Waals surface area contributed by atoms with E-state index >= 15 is 0 Å². The number of anilines is 1. The van der Waals surface area contributed by atoms with Crippen molar-refractivity contribution in [3.05, 3.63) is 70.8 Å². The van der Waals surface area contributed by atoms with Crippen LogP contribution in [0.2, 0.25) is 0 Å². The maximum Gasteiger partial charge on any atom is 0.229 e. The summed E-state index contributed by atoms with van der Waals surface area (Å²) in [6.07, 6.45) is 1.81. The Morgan fingerprint density at radius 3 is 2.59 bits per heavy atom. The summed E-state index contributed by atoms with van der Waals surface area (Å²) in [5.41, 5.74) is 3.11. The molecule has 0 bridgehead atoms. The monoisotopic (exact) mass is 363 g/mol. The second kappa shape index (κ2) is 7.83. The predicted octanol–water partition coefficient (Wildman–Crippen LogP) is 3.81. The Bertz CT molecular complexity index is 977. The van der Waals surface area contributed by atoms with E-state index in [0.717, 1.165) is 28.3 Å². The molecular formula is C21H21N3O3. The summed E-state index contributed by atoms with van der Waals surface area (Å²) in [7, 11) is 1.60. The van der Waals surface area contributed by atoms with Crippen molar-refractivity contribution < 1.29 is 13.9 Å². The summed E-state index contributed by atoms with van der Waals surface area (Å²) in [6, 6.07) is 13.2. The fourth-order valence-electron chi connectivity index (χ4n) is 2.99. The normalized spacial score (nSPS) is 10.4. The van der Waals surface area contributed by atoms with Crippen LogP contribution in [0.25, 0.3) is 0 Å². The van der Waals surface area contributed by atoms with Gasteiger partial charge >= 0.3 is 0 Å². The Hall–Kier alpha value is -3.46. The number of rotatable bonds is 6. The lowest BCUT2D eigenvalue weighted by molar-refractivity contribution is -0.115. The zero-order valence-corrected chi connectivity index (χ0v) is 15.6. The van der Waals surface area contributed by atoms with Crippen molar-refractivity contribution in [2.24, 2.45) is 0 Å².